The molecule has 2 heteroatoms. The van der Waals surface area contributed by atoms with Crippen LogP contribution in [0, 0.1) is 0 Å². The summed E-state index contributed by atoms with van der Waals surface area (Å²) in [6.45, 7) is 0. The summed E-state index contributed by atoms with van der Waals surface area (Å²) >= 11 is 0. The van der Waals surface area contributed by atoms with E-state index in [1.807, 2.05) is 0 Å². The van der Waals surface area contributed by atoms with Crippen molar-refractivity contribution in [1.29, 1.82) is 0 Å². The molecule has 0 aliphatic carbocycles. The summed E-state index contributed by atoms with van der Waals surface area (Å²) in [7, 11) is 0. The molecule has 0 fully saturated rings. The molecule has 1 aromatic heterocycles. The molecule has 0 amide bonds. The summed E-state index contributed by atoms with van der Waals surface area (Å²) < 4.78 is 2.45. The minimum atomic E-state index is 1.08. The highest BCUT2D eigenvalue weighted by Gasteiger charge is 2.21. The van der Waals surface area contributed by atoms with E-state index in [2.05, 4.69) is 264 Å². The molecule has 0 bridgehead atoms. The van der Waals surface area contributed by atoms with Crippen molar-refractivity contribution in [2.75, 3.05) is 4.90 Å². The molecule has 0 N–H and O–H groups in total. The Balaban J connectivity index is 1.02. The van der Waals surface area contributed by atoms with Crippen LogP contribution in [0.1, 0.15) is 0 Å². The van der Waals surface area contributed by atoms with Gasteiger partial charge in [0.1, 0.15) is 0 Å². The second-order valence-corrected chi connectivity index (χ2v) is 16.5. The first-order chi connectivity index (χ1) is 31.8. The number of hydrogen-bond donors (Lipinski definition) is 0. The Bertz CT molecular complexity index is 3640. The highest BCUT2D eigenvalue weighted by Crippen LogP contribution is 2.45. The standard InChI is InChI=1S/C62H42N2/c1-3-16-43(17-4-1)49-35-40-60(57(42-49)45-18-5-2-6-19-45)63(50-36-30-47(31-37-50)53-27-15-22-44-20-7-9-23-52(44)53)51-38-32-48(33-39-51)54-24-11-13-28-58(54)64-59-29-14-12-26-56(59)62-55-25-10-8-21-46(55)34-41-61(62)64/h1-42H. The molecule has 11 aromatic carbocycles. The molecular formula is C62H42N2. The average Bonchev–Trinajstić information content (AvgIpc) is 3.72. The molecule has 0 aliphatic rings. The third kappa shape index (κ3) is 6.44. The Morgan fingerprint density at radius 1 is 0.281 bits per heavy atom. The number of hydrogen-bond acceptors (Lipinski definition) is 1. The van der Waals surface area contributed by atoms with Crippen molar-refractivity contribution in [2.24, 2.45) is 0 Å². The Labute approximate surface area is 373 Å². The third-order valence-electron chi connectivity index (χ3n) is 12.8. The zero-order valence-electron chi connectivity index (χ0n) is 35.1. The van der Waals surface area contributed by atoms with Crippen LogP contribution in [-0.4, -0.2) is 4.57 Å². The number of benzene rings is 11. The molecular weight excluding hydrogens is 773 g/mol. The molecule has 0 saturated heterocycles. The van der Waals surface area contributed by atoms with Gasteiger partial charge in [0.2, 0.25) is 0 Å². The maximum absolute atomic E-state index is 2.45. The van der Waals surface area contributed by atoms with Crippen LogP contribution in [0.15, 0.2) is 255 Å². The van der Waals surface area contributed by atoms with Crippen molar-refractivity contribution in [1.82, 2.24) is 4.57 Å². The fraction of sp³-hybridized carbons (Fsp3) is 0. The van der Waals surface area contributed by atoms with Gasteiger partial charge in [-0.15, -0.1) is 0 Å². The number of rotatable bonds is 8. The first kappa shape index (κ1) is 37.3. The van der Waals surface area contributed by atoms with Gasteiger partial charge in [0.25, 0.3) is 0 Å². The van der Waals surface area contributed by atoms with Crippen molar-refractivity contribution >= 4 is 60.4 Å². The van der Waals surface area contributed by atoms with Crippen LogP contribution in [0.4, 0.5) is 17.1 Å². The first-order valence-corrected chi connectivity index (χ1v) is 22.0. The summed E-state index contributed by atoms with van der Waals surface area (Å²) in [4.78, 5) is 2.41. The summed E-state index contributed by atoms with van der Waals surface area (Å²) in [5.74, 6) is 0. The van der Waals surface area contributed by atoms with Crippen molar-refractivity contribution in [3.8, 4) is 50.2 Å². The first-order valence-electron chi connectivity index (χ1n) is 22.0. The summed E-state index contributed by atoms with van der Waals surface area (Å²) in [6.07, 6.45) is 0. The van der Waals surface area contributed by atoms with E-state index in [4.69, 9.17) is 0 Å². The van der Waals surface area contributed by atoms with Crippen molar-refractivity contribution in [3.63, 3.8) is 0 Å². The summed E-state index contributed by atoms with van der Waals surface area (Å²) in [6, 6.07) is 92.7. The fourth-order valence-corrected chi connectivity index (χ4v) is 9.79. The SMILES string of the molecule is c1ccc(-c2ccc(N(c3ccc(-c4ccccc4-n4c5ccccc5c5c6ccccc6ccc54)cc3)c3ccc(-c4cccc5ccccc45)cc3)c(-c3ccccc3)c2)cc1. The van der Waals surface area contributed by atoms with Gasteiger partial charge in [-0.25, -0.2) is 0 Å². The van der Waals surface area contributed by atoms with Gasteiger partial charge in [-0.05, 0) is 110 Å². The van der Waals surface area contributed by atoms with Gasteiger partial charge in [0.05, 0.1) is 22.4 Å². The Hall–Kier alpha value is -8.46. The topological polar surface area (TPSA) is 8.17 Å². The number of fused-ring (bicyclic) bond motifs is 6. The second kappa shape index (κ2) is 15.8. The third-order valence-corrected chi connectivity index (χ3v) is 12.8. The minimum Gasteiger partial charge on any atom is -0.310 e. The van der Waals surface area contributed by atoms with Crippen LogP contribution in [-0.2, 0) is 0 Å². The van der Waals surface area contributed by atoms with E-state index in [0.29, 0.717) is 0 Å². The lowest BCUT2D eigenvalue weighted by Crippen LogP contribution is -2.11. The van der Waals surface area contributed by atoms with E-state index >= 15 is 0 Å². The Morgan fingerprint density at radius 2 is 0.797 bits per heavy atom. The highest BCUT2D eigenvalue weighted by atomic mass is 15.1. The van der Waals surface area contributed by atoms with Gasteiger partial charge in [0, 0.05) is 33.3 Å². The van der Waals surface area contributed by atoms with Gasteiger partial charge in [-0.2, -0.15) is 0 Å². The fourth-order valence-electron chi connectivity index (χ4n) is 9.79. The van der Waals surface area contributed by atoms with Crippen LogP contribution in [0.25, 0.3) is 93.5 Å². The van der Waals surface area contributed by atoms with Gasteiger partial charge in [-0.3, -0.25) is 0 Å². The van der Waals surface area contributed by atoms with E-state index in [9.17, 15) is 0 Å². The molecule has 0 aliphatic heterocycles. The predicted molar refractivity (Wildman–Crippen MR) is 272 cm³/mol. The van der Waals surface area contributed by atoms with E-state index in [1.54, 1.807) is 0 Å². The molecule has 2 nitrogen and oxygen atoms in total. The van der Waals surface area contributed by atoms with Crippen LogP contribution >= 0.6 is 0 Å². The lowest BCUT2D eigenvalue weighted by Gasteiger charge is -2.29. The van der Waals surface area contributed by atoms with E-state index in [0.717, 1.165) is 39.4 Å². The lowest BCUT2D eigenvalue weighted by atomic mass is 9.95. The largest absolute Gasteiger partial charge is 0.310 e. The quantitative estimate of drug-likeness (QED) is 0.148. The molecule has 0 unspecified atom stereocenters. The molecule has 12 aromatic rings. The Morgan fingerprint density at radius 3 is 1.53 bits per heavy atom. The zero-order chi connectivity index (χ0) is 42.4. The lowest BCUT2D eigenvalue weighted by molar-refractivity contribution is 1.18. The molecule has 64 heavy (non-hydrogen) atoms. The molecule has 0 spiro atoms. The normalized spacial score (nSPS) is 11.4. The highest BCUT2D eigenvalue weighted by molar-refractivity contribution is 6.21. The molecule has 12 rings (SSSR count). The Kier molecular flexibility index (Phi) is 9.20. The van der Waals surface area contributed by atoms with E-state index in [-0.39, 0.29) is 0 Å². The average molecular weight is 815 g/mol. The maximum Gasteiger partial charge on any atom is 0.0547 e. The summed E-state index contributed by atoms with van der Waals surface area (Å²) in [5.41, 5.74) is 16.3. The van der Waals surface area contributed by atoms with Crippen LogP contribution in [0.3, 0.4) is 0 Å². The molecule has 0 saturated carbocycles. The van der Waals surface area contributed by atoms with Gasteiger partial charge >= 0.3 is 0 Å². The van der Waals surface area contributed by atoms with Crippen molar-refractivity contribution < 1.29 is 0 Å². The van der Waals surface area contributed by atoms with Gasteiger partial charge in [0.15, 0.2) is 0 Å². The number of nitrogens with zero attached hydrogens (tertiary/aromatic N) is 2. The van der Waals surface area contributed by atoms with E-state index < -0.39 is 0 Å². The predicted octanol–water partition coefficient (Wildman–Crippen LogP) is 17.2. The van der Waals surface area contributed by atoms with Crippen molar-refractivity contribution in [2.45, 2.75) is 0 Å². The van der Waals surface area contributed by atoms with Gasteiger partial charge < -0.3 is 9.47 Å². The van der Waals surface area contributed by atoms with Crippen molar-refractivity contribution in [3.05, 3.63) is 255 Å². The maximum atomic E-state index is 2.45. The van der Waals surface area contributed by atoms with Crippen LogP contribution in [0.5, 0.6) is 0 Å². The minimum absolute atomic E-state index is 1.08. The van der Waals surface area contributed by atoms with Crippen LogP contribution < -0.4 is 4.90 Å². The molecule has 0 radical (unpaired) electrons. The monoisotopic (exact) mass is 814 g/mol. The summed E-state index contributed by atoms with van der Waals surface area (Å²) in [5, 5.41) is 7.56. The number of aromatic nitrogens is 1. The second-order valence-electron chi connectivity index (χ2n) is 16.5. The van der Waals surface area contributed by atoms with Gasteiger partial charge in [-0.1, -0.05) is 200 Å². The molecule has 1 heterocycles. The molecule has 0 atom stereocenters. The molecule has 300 valence electrons. The zero-order valence-corrected chi connectivity index (χ0v) is 35.1. The van der Waals surface area contributed by atoms with Crippen LogP contribution in [0.2, 0.25) is 0 Å². The van der Waals surface area contributed by atoms with E-state index in [1.165, 1.54) is 71.2 Å². The number of para-hydroxylation sites is 2. The smallest absolute Gasteiger partial charge is 0.0547 e. The number of anilines is 3.